The van der Waals surface area contributed by atoms with E-state index in [1.807, 2.05) is 27.6 Å². The van der Waals surface area contributed by atoms with Crippen molar-refractivity contribution in [2.45, 2.75) is 33.4 Å². The average Bonchev–Trinajstić information content (AvgIpc) is 2.95. The zero-order valence-electron chi connectivity index (χ0n) is 10.6. The lowest BCUT2D eigenvalue weighted by molar-refractivity contribution is 0.111. The molecule has 18 heavy (non-hydrogen) atoms. The van der Waals surface area contributed by atoms with Gasteiger partial charge >= 0.3 is 0 Å². The van der Waals surface area contributed by atoms with Gasteiger partial charge in [0.1, 0.15) is 0 Å². The molecule has 0 aliphatic carbocycles. The zero-order valence-corrected chi connectivity index (χ0v) is 12.1. The SMILES string of the molecule is CCc1nn(CC)c(Cn2cccc2C=O)c1Br. The second kappa shape index (κ2) is 5.52. The van der Waals surface area contributed by atoms with E-state index in [9.17, 15) is 4.79 Å². The van der Waals surface area contributed by atoms with Gasteiger partial charge in [0.15, 0.2) is 6.29 Å². The molecule has 0 bridgehead atoms. The lowest BCUT2D eigenvalue weighted by Crippen LogP contribution is -2.09. The third-order valence-electron chi connectivity index (χ3n) is 3.00. The van der Waals surface area contributed by atoms with Gasteiger partial charge in [0.05, 0.1) is 28.1 Å². The number of aromatic nitrogens is 3. The van der Waals surface area contributed by atoms with E-state index in [0.717, 1.165) is 35.1 Å². The Morgan fingerprint density at radius 2 is 2.22 bits per heavy atom. The number of hydrogen-bond acceptors (Lipinski definition) is 2. The molecular weight excluding hydrogens is 294 g/mol. The van der Waals surface area contributed by atoms with E-state index in [1.54, 1.807) is 0 Å². The molecule has 0 saturated carbocycles. The average molecular weight is 310 g/mol. The fourth-order valence-electron chi connectivity index (χ4n) is 2.01. The van der Waals surface area contributed by atoms with Crippen molar-refractivity contribution in [2.24, 2.45) is 0 Å². The van der Waals surface area contributed by atoms with Crippen LogP contribution >= 0.6 is 15.9 Å². The van der Waals surface area contributed by atoms with E-state index >= 15 is 0 Å². The molecule has 0 aromatic carbocycles. The van der Waals surface area contributed by atoms with E-state index in [-0.39, 0.29) is 0 Å². The lowest BCUT2D eigenvalue weighted by atomic mass is 10.3. The van der Waals surface area contributed by atoms with Crippen LogP contribution in [0.4, 0.5) is 0 Å². The van der Waals surface area contributed by atoms with Gasteiger partial charge < -0.3 is 4.57 Å². The van der Waals surface area contributed by atoms with Crippen molar-refractivity contribution < 1.29 is 4.79 Å². The fraction of sp³-hybridized carbons (Fsp3) is 0.385. The molecule has 2 aromatic heterocycles. The predicted octanol–water partition coefficient (Wildman–Crippen LogP) is 2.89. The summed E-state index contributed by atoms with van der Waals surface area (Å²) in [5, 5.41) is 4.55. The molecule has 2 aromatic rings. The number of rotatable bonds is 5. The molecule has 0 N–H and O–H groups in total. The van der Waals surface area contributed by atoms with Crippen molar-refractivity contribution in [2.75, 3.05) is 0 Å². The third kappa shape index (κ3) is 2.27. The largest absolute Gasteiger partial charge is 0.339 e. The molecular formula is C13H16BrN3O. The van der Waals surface area contributed by atoms with Crippen LogP contribution in [0, 0.1) is 0 Å². The minimum Gasteiger partial charge on any atom is -0.339 e. The van der Waals surface area contributed by atoms with Crippen molar-refractivity contribution in [1.82, 2.24) is 14.3 Å². The summed E-state index contributed by atoms with van der Waals surface area (Å²) in [5.41, 5.74) is 2.85. The Bertz CT molecular complexity index is 557. The van der Waals surface area contributed by atoms with Gasteiger partial charge in [-0.2, -0.15) is 5.10 Å². The molecule has 96 valence electrons. The molecule has 2 rings (SSSR count). The highest BCUT2D eigenvalue weighted by atomic mass is 79.9. The van der Waals surface area contributed by atoms with E-state index in [2.05, 4.69) is 34.9 Å². The normalized spacial score (nSPS) is 10.8. The van der Waals surface area contributed by atoms with Crippen LogP contribution in [0.5, 0.6) is 0 Å². The maximum atomic E-state index is 10.9. The van der Waals surface area contributed by atoms with E-state index < -0.39 is 0 Å². The summed E-state index contributed by atoms with van der Waals surface area (Å²) in [7, 11) is 0. The van der Waals surface area contributed by atoms with Gasteiger partial charge in [-0.05, 0) is 41.4 Å². The van der Waals surface area contributed by atoms with Crippen molar-refractivity contribution >= 4 is 22.2 Å². The molecule has 0 radical (unpaired) electrons. The van der Waals surface area contributed by atoms with Gasteiger partial charge in [-0.1, -0.05) is 6.92 Å². The van der Waals surface area contributed by atoms with Crippen LogP contribution in [0.25, 0.3) is 0 Å². The van der Waals surface area contributed by atoms with Crippen LogP contribution < -0.4 is 0 Å². The number of carbonyl (C=O) groups is 1. The van der Waals surface area contributed by atoms with Crippen molar-refractivity contribution in [3.05, 3.63) is 39.9 Å². The fourth-order valence-corrected chi connectivity index (χ4v) is 2.70. The van der Waals surface area contributed by atoms with Crippen LogP contribution in [0.3, 0.4) is 0 Å². The minimum absolute atomic E-state index is 0.655. The molecule has 0 unspecified atom stereocenters. The first-order valence-corrected chi connectivity index (χ1v) is 6.84. The molecule has 0 spiro atoms. The Hall–Kier alpha value is -1.36. The van der Waals surface area contributed by atoms with Gasteiger partial charge in [0, 0.05) is 12.7 Å². The van der Waals surface area contributed by atoms with E-state index in [4.69, 9.17) is 0 Å². The van der Waals surface area contributed by atoms with Gasteiger partial charge in [-0.25, -0.2) is 0 Å². The molecule has 0 amide bonds. The van der Waals surface area contributed by atoms with Crippen LogP contribution in [0.2, 0.25) is 0 Å². The Labute approximate surface area is 115 Å². The summed E-state index contributed by atoms with van der Waals surface area (Å²) in [5.74, 6) is 0. The summed E-state index contributed by atoms with van der Waals surface area (Å²) in [6.07, 6.45) is 3.68. The first kappa shape index (κ1) is 13.1. The number of carbonyl (C=O) groups excluding carboxylic acids is 1. The monoisotopic (exact) mass is 309 g/mol. The molecule has 0 aliphatic rings. The summed E-state index contributed by atoms with van der Waals surface area (Å²) >= 11 is 3.61. The highest BCUT2D eigenvalue weighted by Crippen LogP contribution is 2.23. The van der Waals surface area contributed by atoms with Crippen LogP contribution in [-0.4, -0.2) is 20.6 Å². The van der Waals surface area contributed by atoms with Gasteiger partial charge in [-0.3, -0.25) is 9.48 Å². The molecule has 0 aliphatic heterocycles. The van der Waals surface area contributed by atoms with E-state index in [1.165, 1.54) is 0 Å². The minimum atomic E-state index is 0.655. The quantitative estimate of drug-likeness (QED) is 0.797. The van der Waals surface area contributed by atoms with Crippen LogP contribution in [-0.2, 0) is 19.5 Å². The summed E-state index contributed by atoms with van der Waals surface area (Å²) in [6, 6.07) is 3.69. The lowest BCUT2D eigenvalue weighted by Gasteiger charge is -2.08. The smallest absolute Gasteiger partial charge is 0.166 e. The Morgan fingerprint density at radius 3 is 2.83 bits per heavy atom. The number of aldehydes is 1. The molecule has 0 fully saturated rings. The van der Waals surface area contributed by atoms with Gasteiger partial charge in [-0.15, -0.1) is 0 Å². The third-order valence-corrected chi connectivity index (χ3v) is 3.92. The Kier molecular flexibility index (Phi) is 4.01. The molecule has 0 saturated heterocycles. The highest BCUT2D eigenvalue weighted by Gasteiger charge is 2.14. The summed E-state index contributed by atoms with van der Waals surface area (Å²) in [4.78, 5) is 10.9. The number of nitrogens with zero attached hydrogens (tertiary/aromatic N) is 3. The topological polar surface area (TPSA) is 39.8 Å². The highest BCUT2D eigenvalue weighted by molar-refractivity contribution is 9.10. The van der Waals surface area contributed by atoms with Crippen molar-refractivity contribution in [1.29, 1.82) is 0 Å². The Morgan fingerprint density at radius 1 is 1.44 bits per heavy atom. The maximum absolute atomic E-state index is 10.9. The van der Waals surface area contributed by atoms with Crippen molar-refractivity contribution in [3.8, 4) is 0 Å². The number of halogens is 1. The van der Waals surface area contributed by atoms with Crippen LogP contribution in [0.15, 0.2) is 22.8 Å². The second-order valence-corrected chi connectivity index (χ2v) is 4.85. The van der Waals surface area contributed by atoms with Gasteiger partial charge in [0.2, 0.25) is 0 Å². The number of aryl methyl sites for hydroxylation is 2. The Balaban J connectivity index is 2.39. The molecule has 0 atom stereocenters. The molecule has 5 heteroatoms. The standard InChI is InChI=1S/C13H16BrN3O/c1-3-11-13(14)12(17(4-2)15-11)8-16-7-5-6-10(16)9-18/h5-7,9H,3-4,8H2,1-2H3. The van der Waals surface area contributed by atoms with E-state index in [0.29, 0.717) is 12.2 Å². The van der Waals surface area contributed by atoms with Crippen LogP contribution in [0.1, 0.15) is 35.7 Å². The zero-order chi connectivity index (χ0) is 13.1. The predicted molar refractivity (Wildman–Crippen MR) is 73.9 cm³/mol. The first-order chi connectivity index (χ1) is 8.71. The summed E-state index contributed by atoms with van der Waals surface area (Å²) < 4.78 is 4.97. The maximum Gasteiger partial charge on any atom is 0.166 e. The van der Waals surface area contributed by atoms with Crippen molar-refractivity contribution in [3.63, 3.8) is 0 Å². The van der Waals surface area contributed by atoms with Gasteiger partial charge in [0.25, 0.3) is 0 Å². The number of hydrogen-bond donors (Lipinski definition) is 0. The summed E-state index contributed by atoms with van der Waals surface area (Å²) in [6.45, 7) is 5.64. The first-order valence-electron chi connectivity index (χ1n) is 6.05. The second-order valence-electron chi connectivity index (χ2n) is 4.06. The molecule has 2 heterocycles. The molecule has 4 nitrogen and oxygen atoms in total.